The number of nitrogens with one attached hydrogen (secondary N) is 1. The molecule has 1 aliphatic rings. The average molecular weight is 370 g/mol. The van der Waals surface area contributed by atoms with Gasteiger partial charge in [-0.15, -0.1) is 0 Å². The predicted octanol–water partition coefficient (Wildman–Crippen LogP) is 4.41. The first-order chi connectivity index (χ1) is 13.8. The van der Waals surface area contributed by atoms with Gasteiger partial charge in [-0.25, -0.2) is 4.99 Å². The number of benzene rings is 3. The van der Waals surface area contributed by atoms with Gasteiger partial charge in [-0.3, -0.25) is 5.32 Å². The van der Waals surface area contributed by atoms with Crippen LogP contribution in [0.2, 0.25) is 0 Å². The quantitative estimate of drug-likeness (QED) is 0.676. The zero-order chi connectivity index (χ0) is 19.2. The molecule has 3 heteroatoms. The number of nitrogens with two attached hydrogens (primary N) is 1. The van der Waals surface area contributed by atoms with E-state index in [4.69, 9.17) is 5.73 Å². The Morgan fingerprint density at radius 3 is 1.96 bits per heavy atom. The summed E-state index contributed by atoms with van der Waals surface area (Å²) in [6, 6.07) is 28.4. The van der Waals surface area contributed by atoms with Crippen LogP contribution in [0.3, 0.4) is 0 Å². The first-order valence-electron chi connectivity index (χ1n) is 10.0. The fourth-order valence-corrected chi connectivity index (χ4v) is 3.62. The lowest BCUT2D eigenvalue weighted by atomic mass is 9.99. The van der Waals surface area contributed by atoms with Gasteiger partial charge >= 0.3 is 0 Å². The summed E-state index contributed by atoms with van der Waals surface area (Å²) in [4.78, 5) is 4.50. The van der Waals surface area contributed by atoms with Crippen LogP contribution in [0.15, 0.2) is 83.9 Å². The highest BCUT2D eigenvalue weighted by Gasteiger charge is 2.14. The molecule has 0 radical (unpaired) electrons. The monoisotopic (exact) mass is 369 g/mol. The molecule has 0 spiro atoms. The van der Waals surface area contributed by atoms with E-state index < -0.39 is 0 Å². The van der Waals surface area contributed by atoms with Gasteiger partial charge in [0.25, 0.3) is 0 Å². The normalized spacial score (nSPS) is 16.6. The molecule has 3 aromatic carbocycles. The summed E-state index contributed by atoms with van der Waals surface area (Å²) in [5.41, 5.74) is 12.5. The molecule has 4 rings (SSSR count). The van der Waals surface area contributed by atoms with Crippen molar-refractivity contribution < 1.29 is 0 Å². The van der Waals surface area contributed by atoms with Gasteiger partial charge in [-0.2, -0.15) is 0 Å². The first-order valence-corrected chi connectivity index (χ1v) is 10.0. The summed E-state index contributed by atoms with van der Waals surface area (Å²) in [6.45, 7) is 0.891. The zero-order valence-electron chi connectivity index (χ0n) is 16.1. The van der Waals surface area contributed by atoms with Gasteiger partial charge in [0.15, 0.2) is 0 Å². The lowest BCUT2D eigenvalue weighted by Gasteiger charge is -2.20. The van der Waals surface area contributed by atoms with Gasteiger partial charge in [0.1, 0.15) is 6.17 Å². The molecule has 0 aromatic heterocycles. The molecule has 1 unspecified atom stereocenters. The van der Waals surface area contributed by atoms with Crippen LogP contribution >= 0.6 is 0 Å². The minimum atomic E-state index is -0.0000380. The third-order valence-electron chi connectivity index (χ3n) is 5.29. The standard InChI is InChI=1S/C25H27N3/c26-24-16-17-27-25(28-24)23-14-12-20(13-15-23)7-6-19-8-10-22(11-9-19)18-21-4-2-1-3-5-21/h1-5,8-15,25,27H,6-7,16-18H2,(H2,26,28). The van der Waals surface area contributed by atoms with Crippen LogP contribution in [0, 0.1) is 0 Å². The summed E-state index contributed by atoms with van der Waals surface area (Å²) >= 11 is 0. The Balaban J connectivity index is 1.32. The maximum Gasteiger partial charge on any atom is 0.127 e. The number of amidine groups is 1. The van der Waals surface area contributed by atoms with Crippen LogP contribution in [0.25, 0.3) is 0 Å². The zero-order valence-corrected chi connectivity index (χ0v) is 16.1. The molecule has 0 amide bonds. The Morgan fingerprint density at radius 2 is 1.32 bits per heavy atom. The van der Waals surface area contributed by atoms with Crippen LogP contribution < -0.4 is 11.1 Å². The van der Waals surface area contributed by atoms with Crippen molar-refractivity contribution >= 4 is 5.84 Å². The highest BCUT2D eigenvalue weighted by atomic mass is 15.1. The van der Waals surface area contributed by atoms with Crippen molar-refractivity contribution in [3.8, 4) is 0 Å². The van der Waals surface area contributed by atoms with Crippen LogP contribution in [-0.2, 0) is 19.3 Å². The van der Waals surface area contributed by atoms with E-state index in [1.807, 2.05) is 0 Å². The Morgan fingerprint density at radius 1 is 0.750 bits per heavy atom. The van der Waals surface area contributed by atoms with E-state index in [0.29, 0.717) is 0 Å². The van der Waals surface area contributed by atoms with Crippen LogP contribution in [0.5, 0.6) is 0 Å². The molecule has 1 heterocycles. The molecule has 3 nitrogen and oxygen atoms in total. The number of hydrogen-bond donors (Lipinski definition) is 2. The molecule has 1 aliphatic heterocycles. The molecular formula is C25H27N3. The molecule has 0 saturated heterocycles. The minimum absolute atomic E-state index is 0.0000380. The summed E-state index contributed by atoms with van der Waals surface area (Å²) < 4.78 is 0. The van der Waals surface area contributed by atoms with Crippen LogP contribution in [0.4, 0.5) is 0 Å². The van der Waals surface area contributed by atoms with Gasteiger partial charge in [-0.05, 0) is 47.1 Å². The van der Waals surface area contributed by atoms with Crippen molar-refractivity contribution in [3.05, 3.63) is 107 Å². The molecule has 28 heavy (non-hydrogen) atoms. The molecule has 0 fully saturated rings. The van der Waals surface area contributed by atoms with Crippen molar-refractivity contribution in [2.75, 3.05) is 6.54 Å². The van der Waals surface area contributed by atoms with Crippen molar-refractivity contribution in [2.24, 2.45) is 10.7 Å². The molecule has 0 saturated carbocycles. The first kappa shape index (κ1) is 18.5. The predicted molar refractivity (Wildman–Crippen MR) is 117 cm³/mol. The number of nitrogens with zero attached hydrogens (tertiary/aromatic N) is 1. The third-order valence-corrected chi connectivity index (χ3v) is 5.29. The smallest absolute Gasteiger partial charge is 0.127 e. The number of hydrogen-bond acceptors (Lipinski definition) is 3. The van der Waals surface area contributed by atoms with Crippen molar-refractivity contribution in [1.29, 1.82) is 0 Å². The number of aryl methyl sites for hydroxylation is 2. The summed E-state index contributed by atoms with van der Waals surface area (Å²) in [5, 5.41) is 3.40. The van der Waals surface area contributed by atoms with E-state index >= 15 is 0 Å². The number of aliphatic imine (C=N–C) groups is 1. The van der Waals surface area contributed by atoms with Crippen molar-refractivity contribution in [2.45, 2.75) is 31.8 Å². The van der Waals surface area contributed by atoms with E-state index in [1.54, 1.807) is 0 Å². The van der Waals surface area contributed by atoms with Crippen molar-refractivity contribution in [1.82, 2.24) is 5.32 Å². The largest absolute Gasteiger partial charge is 0.387 e. The Kier molecular flexibility index (Phi) is 5.83. The molecular weight excluding hydrogens is 342 g/mol. The van der Waals surface area contributed by atoms with Gasteiger partial charge in [0.2, 0.25) is 0 Å². The Labute approximate surface area is 167 Å². The van der Waals surface area contributed by atoms with Gasteiger partial charge in [0.05, 0.1) is 5.84 Å². The fourth-order valence-electron chi connectivity index (χ4n) is 3.62. The third kappa shape index (κ3) is 4.87. The van der Waals surface area contributed by atoms with E-state index in [9.17, 15) is 0 Å². The van der Waals surface area contributed by atoms with E-state index in [-0.39, 0.29) is 6.17 Å². The Hall–Kier alpha value is -2.91. The molecule has 1 atom stereocenters. The van der Waals surface area contributed by atoms with Crippen molar-refractivity contribution in [3.63, 3.8) is 0 Å². The van der Waals surface area contributed by atoms with Crippen LogP contribution in [-0.4, -0.2) is 12.4 Å². The van der Waals surface area contributed by atoms with E-state index in [2.05, 4.69) is 89.2 Å². The molecule has 3 N–H and O–H groups in total. The topological polar surface area (TPSA) is 50.4 Å². The summed E-state index contributed by atoms with van der Waals surface area (Å²) in [6.07, 6.45) is 3.92. The summed E-state index contributed by atoms with van der Waals surface area (Å²) in [5.74, 6) is 0.739. The van der Waals surface area contributed by atoms with E-state index in [1.165, 1.54) is 27.8 Å². The minimum Gasteiger partial charge on any atom is -0.387 e. The molecule has 142 valence electrons. The maximum atomic E-state index is 5.87. The molecule has 0 bridgehead atoms. The van der Waals surface area contributed by atoms with Crippen LogP contribution in [0.1, 0.15) is 40.4 Å². The maximum absolute atomic E-state index is 5.87. The Bertz CT molecular complexity index is 912. The second-order valence-electron chi connectivity index (χ2n) is 7.45. The highest BCUT2D eigenvalue weighted by molar-refractivity contribution is 5.81. The van der Waals surface area contributed by atoms with Gasteiger partial charge in [0, 0.05) is 13.0 Å². The lowest BCUT2D eigenvalue weighted by molar-refractivity contribution is 0.539. The second-order valence-corrected chi connectivity index (χ2v) is 7.45. The second kappa shape index (κ2) is 8.85. The van der Waals surface area contributed by atoms with Gasteiger partial charge < -0.3 is 5.73 Å². The molecule has 0 aliphatic carbocycles. The SMILES string of the molecule is NC1=NC(c2ccc(CCc3ccc(Cc4ccccc4)cc3)cc2)NCC1. The fraction of sp³-hybridized carbons (Fsp3) is 0.240. The van der Waals surface area contributed by atoms with Gasteiger partial charge in [-0.1, -0.05) is 78.9 Å². The lowest BCUT2D eigenvalue weighted by Crippen LogP contribution is -2.32. The van der Waals surface area contributed by atoms with E-state index in [0.717, 1.165) is 38.1 Å². The average Bonchev–Trinajstić information content (AvgIpc) is 2.74. The highest BCUT2D eigenvalue weighted by Crippen LogP contribution is 2.19. The molecule has 3 aromatic rings. The summed E-state index contributed by atoms with van der Waals surface area (Å²) in [7, 11) is 0. The number of rotatable bonds is 6.